The zero-order valence-electron chi connectivity index (χ0n) is 28.7. The van der Waals surface area contributed by atoms with Crippen molar-refractivity contribution in [3.63, 3.8) is 0 Å². The molecule has 1 heterocycles. The molecule has 234 valence electrons. The molecule has 0 unspecified atom stereocenters. The number of hydrogen-bond acceptors (Lipinski definition) is 0. The second-order valence-corrected chi connectivity index (χ2v) is 13.0. The van der Waals surface area contributed by atoms with E-state index in [-0.39, 0.29) is 0 Å². The summed E-state index contributed by atoms with van der Waals surface area (Å²) < 4.78 is 6.61. The zero-order chi connectivity index (χ0) is 33.4. The van der Waals surface area contributed by atoms with E-state index >= 15 is 0 Å². The van der Waals surface area contributed by atoms with Crippen LogP contribution in [0.1, 0.15) is 33.4 Å². The van der Waals surface area contributed by atoms with Crippen LogP contribution in [0.15, 0.2) is 146 Å². The Kier molecular flexibility index (Phi) is 8.29. The molecule has 0 aliphatic rings. The number of benzene rings is 6. The van der Waals surface area contributed by atoms with Gasteiger partial charge in [-0.3, -0.25) is 0 Å². The van der Waals surface area contributed by atoms with E-state index in [0.717, 1.165) is 17.1 Å². The van der Waals surface area contributed by atoms with Gasteiger partial charge in [-0.05, 0) is 145 Å². The Bertz CT molecular complexity index is 1930. The molecular weight excluding hydrogens is 583 g/mol. The lowest BCUT2D eigenvalue weighted by molar-refractivity contribution is -0.858. The van der Waals surface area contributed by atoms with Crippen molar-refractivity contribution in [3.05, 3.63) is 180 Å². The van der Waals surface area contributed by atoms with Crippen molar-refractivity contribution in [1.29, 1.82) is 0 Å². The van der Waals surface area contributed by atoms with Crippen molar-refractivity contribution in [2.75, 3.05) is 0 Å². The topological polar surface area (TPSA) is 11.6 Å². The maximum Gasteiger partial charge on any atom is 0.428 e. The number of nitrogens with zero attached hydrogens (tertiary/aromatic N) is 3. The van der Waals surface area contributed by atoms with E-state index in [0.29, 0.717) is 0 Å². The van der Waals surface area contributed by atoms with Crippen molar-refractivity contribution in [3.8, 4) is 50.4 Å². The third-order valence-electron chi connectivity index (χ3n) is 9.55. The van der Waals surface area contributed by atoms with Gasteiger partial charge in [0.05, 0.1) is 0 Å². The molecule has 0 saturated heterocycles. The SMILES string of the molecule is Cc1cccc(C)c1-c1ccc(-[n+]2c[n+](-c3ccc(-c4c(C)cccc4C)cc3)c[n+](-c3ccc(-c4c(C)cccc4C)cc3)c2)cc1. The highest BCUT2D eigenvalue weighted by Crippen LogP contribution is 2.29. The molecule has 3 heteroatoms. The van der Waals surface area contributed by atoms with Crippen molar-refractivity contribution < 1.29 is 13.7 Å². The molecule has 7 aromatic rings. The van der Waals surface area contributed by atoms with E-state index < -0.39 is 0 Å². The standard InChI is InChI=1S/C45H42N3/c1-31-10-7-11-32(2)43(31)37-16-22-40(23-17-37)46-28-47(41-24-18-38(19-25-41)44-33(3)12-8-13-34(44)4)30-48(29-46)42-26-20-39(21-27-42)45-35(5)14-9-15-36(45)6/h7-30H,1-6H3/q+3. The molecule has 0 saturated carbocycles. The molecule has 0 bridgehead atoms. The largest absolute Gasteiger partial charge is 0.428 e. The van der Waals surface area contributed by atoms with E-state index in [1.165, 1.54) is 66.8 Å². The third-order valence-corrected chi connectivity index (χ3v) is 9.55. The van der Waals surface area contributed by atoms with Crippen molar-refractivity contribution in [1.82, 2.24) is 0 Å². The van der Waals surface area contributed by atoms with Crippen molar-refractivity contribution >= 4 is 0 Å². The number of hydrogen-bond donors (Lipinski definition) is 0. The summed E-state index contributed by atoms with van der Waals surface area (Å²) in [5, 5.41) is 0. The van der Waals surface area contributed by atoms with E-state index in [2.05, 4.69) is 202 Å². The first-order valence-electron chi connectivity index (χ1n) is 16.7. The van der Waals surface area contributed by atoms with Crippen LogP contribution in [-0.4, -0.2) is 0 Å². The van der Waals surface area contributed by atoms with Crippen LogP contribution in [0.5, 0.6) is 0 Å². The van der Waals surface area contributed by atoms with Crippen LogP contribution in [0, 0.1) is 41.5 Å². The van der Waals surface area contributed by atoms with Gasteiger partial charge < -0.3 is 0 Å². The van der Waals surface area contributed by atoms with Gasteiger partial charge in [0.15, 0.2) is 0 Å². The summed E-state index contributed by atoms with van der Waals surface area (Å²) in [6, 6.07) is 46.2. The maximum absolute atomic E-state index is 2.23. The van der Waals surface area contributed by atoms with Gasteiger partial charge in [-0.1, -0.05) is 68.3 Å². The van der Waals surface area contributed by atoms with Gasteiger partial charge in [0.1, 0.15) is 0 Å². The number of rotatable bonds is 6. The van der Waals surface area contributed by atoms with Crippen LogP contribution in [-0.2, 0) is 0 Å². The highest BCUT2D eigenvalue weighted by Gasteiger charge is 2.25. The first kappa shape index (κ1) is 31.0. The lowest BCUT2D eigenvalue weighted by atomic mass is 9.96. The first-order chi connectivity index (χ1) is 23.3. The van der Waals surface area contributed by atoms with E-state index in [9.17, 15) is 0 Å². The summed E-state index contributed by atoms with van der Waals surface area (Å²) in [6.45, 7) is 13.1. The molecule has 6 aromatic carbocycles. The summed E-state index contributed by atoms with van der Waals surface area (Å²) in [7, 11) is 0. The first-order valence-corrected chi connectivity index (χ1v) is 16.7. The molecule has 0 aliphatic carbocycles. The molecule has 0 spiro atoms. The monoisotopic (exact) mass is 624 g/mol. The predicted octanol–water partition coefficient (Wildman–Crippen LogP) is 9.37. The van der Waals surface area contributed by atoms with Crippen LogP contribution in [0.25, 0.3) is 50.4 Å². The summed E-state index contributed by atoms with van der Waals surface area (Å²) in [6.07, 6.45) is 6.47. The van der Waals surface area contributed by atoms with Crippen LogP contribution >= 0.6 is 0 Å². The van der Waals surface area contributed by atoms with Gasteiger partial charge in [-0.25, -0.2) is 0 Å². The Morgan fingerprint density at radius 2 is 0.479 bits per heavy atom. The summed E-state index contributed by atoms with van der Waals surface area (Å²) in [5.74, 6) is 0. The fraction of sp³-hybridized carbons (Fsp3) is 0.133. The quantitative estimate of drug-likeness (QED) is 0.163. The van der Waals surface area contributed by atoms with Crippen molar-refractivity contribution in [2.45, 2.75) is 41.5 Å². The average Bonchev–Trinajstić information content (AvgIpc) is 3.09. The van der Waals surface area contributed by atoms with Crippen molar-refractivity contribution in [2.24, 2.45) is 0 Å². The van der Waals surface area contributed by atoms with E-state index in [1.54, 1.807) is 0 Å². The normalized spacial score (nSPS) is 11.1. The van der Waals surface area contributed by atoms with E-state index in [1.807, 2.05) is 0 Å². The minimum Gasteiger partial charge on any atom is -0.0617 e. The molecule has 48 heavy (non-hydrogen) atoms. The Morgan fingerprint density at radius 3 is 0.688 bits per heavy atom. The maximum atomic E-state index is 2.23. The molecule has 0 aliphatic heterocycles. The van der Waals surface area contributed by atoms with Crippen LogP contribution in [0.4, 0.5) is 0 Å². The van der Waals surface area contributed by atoms with Crippen LogP contribution in [0.2, 0.25) is 0 Å². The highest BCUT2D eigenvalue weighted by molar-refractivity contribution is 5.73. The second kappa shape index (κ2) is 12.8. The average molecular weight is 625 g/mol. The minimum absolute atomic E-state index is 1.09. The summed E-state index contributed by atoms with van der Waals surface area (Å²) >= 11 is 0. The number of aryl methyl sites for hydroxylation is 6. The van der Waals surface area contributed by atoms with Gasteiger partial charge in [0.25, 0.3) is 0 Å². The Morgan fingerprint density at radius 1 is 0.271 bits per heavy atom. The fourth-order valence-electron chi connectivity index (χ4n) is 7.10. The molecule has 0 N–H and O–H groups in total. The molecule has 0 fully saturated rings. The molecule has 0 radical (unpaired) electrons. The van der Waals surface area contributed by atoms with Gasteiger partial charge in [0, 0.05) is 36.4 Å². The van der Waals surface area contributed by atoms with Crippen LogP contribution in [0.3, 0.4) is 0 Å². The van der Waals surface area contributed by atoms with Gasteiger partial charge in [0.2, 0.25) is 17.1 Å². The molecule has 0 amide bonds. The minimum atomic E-state index is 1.09. The zero-order valence-corrected chi connectivity index (χ0v) is 28.7. The number of aromatic nitrogens is 3. The fourth-order valence-corrected chi connectivity index (χ4v) is 7.10. The summed E-state index contributed by atoms with van der Waals surface area (Å²) in [5.41, 5.74) is 18.6. The highest BCUT2D eigenvalue weighted by atomic mass is 15.2. The molecular formula is C45H42N3+3. The lowest BCUT2D eigenvalue weighted by Crippen LogP contribution is -2.55. The third kappa shape index (κ3) is 5.96. The van der Waals surface area contributed by atoms with E-state index in [4.69, 9.17) is 0 Å². The second-order valence-electron chi connectivity index (χ2n) is 13.0. The smallest absolute Gasteiger partial charge is 0.0617 e. The molecule has 7 rings (SSSR count). The Hall–Kier alpha value is -5.67. The lowest BCUT2D eigenvalue weighted by Gasteiger charge is -2.10. The van der Waals surface area contributed by atoms with Gasteiger partial charge >= 0.3 is 19.0 Å². The molecule has 1 aromatic heterocycles. The Balaban J connectivity index is 1.31. The molecule has 3 nitrogen and oxygen atoms in total. The molecule has 0 atom stereocenters. The predicted molar refractivity (Wildman–Crippen MR) is 196 cm³/mol. The van der Waals surface area contributed by atoms with Gasteiger partial charge in [-0.2, -0.15) is 0 Å². The van der Waals surface area contributed by atoms with Crippen LogP contribution < -0.4 is 13.7 Å². The Labute approximate surface area is 284 Å². The van der Waals surface area contributed by atoms with Gasteiger partial charge in [-0.15, -0.1) is 0 Å². The summed E-state index contributed by atoms with van der Waals surface area (Å²) in [4.78, 5) is 0.